The Bertz CT molecular complexity index is 388. The molecule has 1 aromatic rings. The summed E-state index contributed by atoms with van der Waals surface area (Å²) in [6.45, 7) is 9.43. The highest BCUT2D eigenvalue weighted by molar-refractivity contribution is 9.10. The number of nitrogens with zero attached hydrogens (tertiary/aromatic N) is 1. The van der Waals surface area contributed by atoms with Crippen molar-refractivity contribution in [1.82, 2.24) is 10.2 Å². The van der Waals surface area contributed by atoms with Gasteiger partial charge in [-0.2, -0.15) is 0 Å². The van der Waals surface area contributed by atoms with Gasteiger partial charge in [0.2, 0.25) is 0 Å². The van der Waals surface area contributed by atoms with E-state index in [4.69, 9.17) is 11.6 Å². The molecule has 0 spiro atoms. The summed E-state index contributed by atoms with van der Waals surface area (Å²) in [6, 6.07) is 5.91. The first-order chi connectivity index (χ1) is 8.28. The smallest absolute Gasteiger partial charge is 0.0410 e. The van der Waals surface area contributed by atoms with Gasteiger partial charge in [0, 0.05) is 34.7 Å². The predicted molar refractivity (Wildman–Crippen MR) is 83.2 cm³/mol. The molecule has 0 radical (unpaired) electrons. The Kier molecular flexibility index (Phi) is 6.12. The fourth-order valence-corrected chi connectivity index (χ4v) is 2.22. The van der Waals surface area contributed by atoms with E-state index < -0.39 is 0 Å². The fourth-order valence-electron chi connectivity index (χ4n) is 1.66. The van der Waals surface area contributed by atoms with E-state index in [1.54, 1.807) is 0 Å². The lowest BCUT2D eigenvalue weighted by atomic mass is 10.1. The third kappa shape index (κ3) is 6.19. The van der Waals surface area contributed by atoms with Crippen molar-refractivity contribution >= 4 is 27.5 Å². The normalized spacial score (nSPS) is 12.2. The van der Waals surface area contributed by atoms with Crippen LogP contribution in [0.3, 0.4) is 0 Å². The molecule has 0 atom stereocenters. The van der Waals surface area contributed by atoms with Crippen molar-refractivity contribution in [3.05, 3.63) is 33.3 Å². The fraction of sp³-hybridized carbons (Fsp3) is 0.571. The molecule has 0 aromatic heterocycles. The molecular weight excluding hydrogens is 312 g/mol. The SMILES string of the molecule is CN(CCNC(C)(C)C)Cc1cc(Cl)ccc1Br. The summed E-state index contributed by atoms with van der Waals surface area (Å²) in [7, 11) is 2.12. The highest BCUT2D eigenvalue weighted by atomic mass is 79.9. The van der Waals surface area contributed by atoms with Gasteiger partial charge in [-0.05, 0) is 51.6 Å². The van der Waals surface area contributed by atoms with E-state index in [2.05, 4.69) is 54.0 Å². The molecule has 0 aliphatic heterocycles. The topological polar surface area (TPSA) is 15.3 Å². The van der Waals surface area contributed by atoms with Crippen LogP contribution < -0.4 is 5.32 Å². The Balaban J connectivity index is 2.44. The number of benzene rings is 1. The van der Waals surface area contributed by atoms with Gasteiger partial charge in [-0.25, -0.2) is 0 Å². The number of nitrogens with one attached hydrogen (secondary N) is 1. The number of halogens is 2. The second kappa shape index (κ2) is 6.90. The van der Waals surface area contributed by atoms with Crippen LogP contribution in [0.1, 0.15) is 26.3 Å². The van der Waals surface area contributed by atoms with Gasteiger partial charge in [-0.1, -0.05) is 27.5 Å². The number of rotatable bonds is 5. The van der Waals surface area contributed by atoms with Gasteiger partial charge in [0.1, 0.15) is 0 Å². The van der Waals surface area contributed by atoms with Crippen molar-refractivity contribution in [3.63, 3.8) is 0 Å². The second-order valence-corrected chi connectivity index (χ2v) is 6.94. The molecule has 0 bridgehead atoms. The van der Waals surface area contributed by atoms with Crippen LogP contribution in [0.2, 0.25) is 5.02 Å². The summed E-state index contributed by atoms with van der Waals surface area (Å²) in [6.07, 6.45) is 0. The van der Waals surface area contributed by atoms with Crippen LogP contribution in [0.25, 0.3) is 0 Å². The summed E-state index contributed by atoms with van der Waals surface area (Å²) in [5.74, 6) is 0. The number of hydrogen-bond acceptors (Lipinski definition) is 2. The largest absolute Gasteiger partial charge is 0.311 e. The first-order valence-corrected chi connectivity index (χ1v) is 7.32. The average Bonchev–Trinajstić information content (AvgIpc) is 2.21. The predicted octanol–water partition coefficient (Wildman–Crippen LogP) is 3.92. The van der Waals surface area contributed by atoms with Crippen LogP contribution in [-0.4, -0.2) is 30.6 Å². The molecule has 0 aliphatic rings. The van der Waals surface area contributed by atoms with E-state index in [0.717, 1.165) is 29.1 Å². The van der Waals surface area contributed by atoms with Crippen molar-refractivity contribution < 1.29 is 0 Å². The van der Waals surface area contributed by atoms with Crippen molar-refractivity contribution in [3.8, 4) is 0 Å². The molecule has 18 heavy (non-hydrogen) atoms. The third-order valence-corrected chi connectivity index (χ3v) is 3.61. The molecular formula is C14H22BrClN2. The molecule has 0 heterocycles. The monoisotopic (exact) mass is 332 g/mol. The molecule has 0 saturated heterocycles. The second-order valence-electron chi connectivity index (χ2n) is 5.65. The van der Waals surface area contributed by atoms with Gasteiger partial charge < -0.3 is 10.2 Å². The maximum atomic E-state index is 6.01. The zero-order valence-electron chi connectivity index (χ0n) is 11.6. The van der Waals surface area contributed by atoms with Gasteiger partial charge in [-0.15, -0.1) is 0 Å². The Labute approximate surface area is 124 Å². The Morgan fingerprint density at radius 1 is 1.33 bits per heavy atom. The van der Waals surface area contributed by atoms with Crippen LogP contribution in [0, 0.1) is 0 Å². The van der Waals surface area contributed by atoms with Crippen LogP contribution in [0.4, 0.5) is 0 Å². The van der Waals surface area contributed by atoms with Crippen LogP contribution in [0.15, 0.2) is 22.7 Å². The van der Waals surface area contributed by atoms with E-state index >= 15 is 0 Å². The minimum Gasteiger partial charge on any atom is -0.311 e. The van der Waals surface area contributed by atoms with Crippen molar-refractivity contribution in [2.75, 3.05) is 20.1 Å². The summed E-state index contributed by atoms with van der Waals surface area (Å²) in [5.41, 5.74) is 1.40. The standard InChI is InChI=1S/C14H22BrClN2/c1-14(2,3)17-7-8-18(4)10-11-9-12(16)5-6-13(11)15/h5-6,9,17H,7-8,10H2,1-4H3. The van der Waals surface area contributed by atoms with Crippen LogP contribution >= 0.6 is 27.5 Å². The number of likely N-dealkylation sites (N-methyl/N-ethyl adjacent to an activating group) is 1. The van der Waals surface area contributed by atoms with E-state index in [9.17, 15) is 0 Å². The van der Waals surface area contributed by atoms with Gasteiger partial charge >= 0.3 is 0 Å². The molecule has 1 N–H and O–H groups in total. The maximum absolute atomic E-state index is 6.01. The van der Waals surface area contributed by atoms with Crippen molar-refractivity contribution in [2.45, 2.75) is 32.9 Å². The quantitative estimate of drug-likeness (QED) is 0.878. The van der Waals surface area contributed by atoms with Gasteiger partial charge in [-0.3, -0.25) is 0 Å². The lowest BCUT2D eigenvalue weighted by Crippen LogP contribution is -2.40. The molecule has 1 aromatic carbocycles. The zero-order chi connectivity index (χ0) is 13.8. The molecule has 0 fully saturated rings. The third-order valence-electron chi connectivity index (χ3n) is 2.60. The molecule has 102 valence electrons. The maximum Gasteiger partial charge on any atom is 0.0410 e. The first kappa shape index (κ1) is 16.0. The van der Waals surface area contributed by atoms with Crippen molar-refractivity contribution in [2.24, 2.45) is 0 Å². The Morgan fingerprint density at radius 2 is 2.00 bits per heavy atom. The van der Waals surface area contributed by atoms with E-state index in [0.29, 0.717) is 0 Å². The molecule has 1 rings (SSSR count). The Hall–Kier alpha value is -0.0900. The van der Waals surface area contributed by atoms with Crippen LogP contribution in [-0.2, 0) is 6.54 Å². The molecule has 0 amide bonds. The minimum absolute atomic E-state index is 0.178. The molecule has 0 unspecified atom stereocenters. The summed E-state index contributed by atoms with van der Waals surface area (Å²) in [5, 5.41) is 4.27. The average molecular weight is 334 g/mol. The highest BCUT2D eigenvalue weighted by Gasteiger charge is 2.09. The zero-order valence-corrected chi connectivity index (χ0v) is 13.9. The lowest BCUT2D eigenvalue weighted by molar-refractivity contribution is 0.303. The van der Waals surface area contributed by atoms with Gasteiger partial charge in [0.25, 0.3) is 0 Å². The highest BCUT2D eigenvalue weighted by Crippen LogP contribution is 2.22. The first-order valence-electron chi connectivity index (χ1n) is 6.15. The molecule has 2 nitrogen and oxygen atoms in total. The van der Waals surface area contributed by atoms with Gasteiger partial charge in [0.15, 0.2) is 0 Å². The minimum atomic E-state index is 0.178. The molecule has 4 heteroatoms. The van der Waals surface area contributed by atoms with Crippen LogP contribution in [0.5, 0.6) is 0 Å². The summed E-state index contributed by atoms with van der Waals surface area (Å²) in [4.78, 5) is 2.29. The van der Waals surface area contributed by atoms with Crippen molar-refractivity contribution in [1.29, 1.82) is 0 Å². The summed E-state index contributed by atoms with van der Waals surface area (Å²) < 4.78 is 1.11. The number of hydrogen-bond donors (Lipinski definition) is 1. The summed E-state index contributed by atoms with van der Waals surface area (Å²) >= 11 is 9.57. The molecule has 0 aliphatic carbocycles. The van der Waals surface area contributed by atoms with Gasteiger partial charge in [0.05, 0.1) is 0 Å². The molecule has 0 saturated carbocycles. The van der Waals surface area contributed by atoms with E-state index in [1.807, 2.05) is 18.2 Å². The Morgan fingerprint density at radius 3 is 2.61 bits per heavy atom. The van der Waals surface area contributed by atoms with E-state index in [-0.39, 0.29) is 5.54 Å². The lowest BCUT2D eigenvalue weighted by Gasteiger charge is -2.23. The van der Waals surface area contributed by atoms with E-state index in [1.165, 1.54) is 5.56 Å².